The van der Waals surface area contributed by atoms with Gasteiger partial charge < -0.3 is 9.84 Å². The average molecular weight is 224 g/mol. The second-order valence-corrected chi connectivity index (χ2v) is 3.30. The molecule has 0 fully saturated rings. The van der Waals surface area contributed by atoms with E-state index in [9.17, 15) is 4.79 Å². The lowest BCUT2D eigenvalue weighted by Crippen LogP contribution is -2.12. The van der Waals surface area contributed by atoms with Crippen molar-refractivity contribution in [2.45, 2.75) is 32.3 Å². The number of hydrogen-bond acceptors (Lipinski definition) is 2. The first-order valence-electron chi connectivity index (χ1n) is 5.43. The second kappa shape index (κ2) is 10.2. The van der Waals surface area contributed by atoms with Crippen molar-refractivity contribution in [3.05, 3.63) is 36.5 Å². The Hall–Kier alpha value is -1.35. The summed E-state index contributed by atoms with van der Waals surface area (Å²) in [6.07, 6.45) is 13.3. The standard InChI is InChI=1S/C13H20O3/c1-3-4-5-6-7-8-9-10-12(16-2)11-13(14)15/h4-5,7-10,12H,3,6,11H2,1-2H3,(H,14,15). The minimum absolute atomic E-state index is 0.00340. The smallest absolute Gasteiger partial charge is 0.306 e. The summed E-state index contributed by atoms with van der Waals surface area (Å²) < 4.78 is 4.99. The molecule has 0 aliphatic carbocycles. The SMILES string of the molecule is CCC=CCC=CC=CC(CC(=O)O)OC. The Bertz CT molecular complexity index is 264. The van der Waals surface area contributed by atoms with E-state index in [2.05, 4.69) is 19.1 Å². The summed E-state index contributed by atoms with van der Waals surface area (Å²) in [4.78, 5) is 10.4. The highest BCUT2D eigenvalue weighted by Crippen LogP contribution is 1.99. The topological polar surface area (TPSA) is 46.5 Å². The molecule has 0 bridgehead atoms. The summed E-state index contributed by atoms with van der Waals surface area (Å²) >= 11 is 0. The molecule has 0 amide bonds. The van der Waals surface area contributed by atoms with Crippen molar-refractivity contribution in [3.63, 3.8) is 0 Å². The second-order valence-electron chi connectivity index (χ2n) is 3.30. The fourth-order valence-corrected chi connectivity index (χ4v) is 1.09. The molecule has 1 N–H and O–H groups in total. The van der Waals surface area contributed by atoms with Gasteiger partial charge in [0.05, 0.1) is 12.5 Å². The summed E-state index contributed by atoms with van der Waals surface area (Å²) in [6.45, 7) is 2.09. The van der Waals surface area contributed by atoms with Crippen LogP contribution < -0.4 is 0 Å². The maximum Gasteiger partial charge on any atom is 0.306 e. The van der Waals surface area contributed by atoms with E-state index in [1.54, 1.807) is 6.08 Å². The van der Waals surface area contributed by atoms with Crippen molar-refractivity contribution in [2.24, 2.45) is 0 Å². The molecule has 0 heterocycles. The van der Waals surface area contributed by atoms with Crippen LogP contribution in [0, 0.1) is 0 Å². The molecule has 0 radical (unpaired) electrons. The molecule has 1 atom stereocenters. The van der Waals surface area contributed by atoms with Gasteiger partial charge >= 0.3 is 5.97 Å². The zero-order valence-electron chi connectivity index (χ0n) is 9.93. The first-order valence-corrected chi connectivity index (χ1v) is 5.43. The maximum absolute atomic E-state index is 10.4. The summed E-state index contributed by atoms with van der Waals surface area (Å²) in [7, 11) is 1.51. The van der Waals surface area contributed by atoms with Crippen LogP contribution in [0.4, 0.5) is 0 Å². The van der Waals surface area contributed by atoms with Crippen LogP contribution in [0.5, 0.6) is 0 Å². The van der Waals surface area contributed by atoms with E-state index in [0.717, 1.165) is 12.8 Å². The lowest BCUT2D eigenvalue weighted by atomic mass is 10.2. The zero-order chi connectivity index (χ0) is 12.2. The van der Waals surface area contributed by atoms with E-state index >= 15 is 0 Å². The molecule has 0 aromatic carbocycles. The average Bonchev–Trinajstić information content (AvgIpc) is 2.25. The third-order valence-corrected chi connectivity index (χ3v) is 1.93. The van der Waals surface area contributed by atoms with Crippen LogP contribution in [-0.2, 0) is 9.53 Å². The highest BCUT2D eigenvalue weighted by molar-refractivity contribution is 5.67. The fraction of sp³-hybridized carbons (Fsp3) is 0.462. The summed E-state index contributed by atoms with van der Waals surface area (Å²) in [5, 5.41) is 8.57. The van der Waals surface area contributed by atoms with Gasteiger partial charge in [0.25, 0.3) is 0 Å². The van der Waals surface area contributed by atoms with Gasteiger partial charge in [-0.2, -0.15) is 0 Å². The number of methoxy groups -OCH3 is 1. The molecule has 0 aliphatic heterocycles. The number of carboxylic acids is 1. The van der Waals surface area contributed by atoms with E-state index in [4.69, 9.17) is 9.84 Å². The van der Waals surface area contributed by atoms with Crippen molar-refractivity contribution >= 4 is 5.97 Å². The van der Waals surface area contributed by atoms with E-state index in [1.807, 2.05) is 18.2 Å². The molecule has 0 saturated carbocycles. The van der Waals surface area contributed by atoms with Crippen LogP contribution in [0.3, 0.4) is 0 Å². The Kier molecular flexibility index (Phi) is 9.32. The molecule has 1 unspecified atom stereocenters. The predicted octanol–water partition coefficient (Wildman–Crippen LogP) is 2.94. The molecule has 3 heteroatoms. The molecule has 90 valence electrons. The Balaban J connectivity index is 3.87. The minimum atomic E-state index is -0.855. The Morgan fingerprint density at radius 2 is 2.06 bits per heavy atom. The minimum Gasteiger partial charge on any atom is -0.481 e. The van der Waals surface area contributed by atoms with Gasteiger partial charge in [0, 0.05) is 7.11 Å². The molecule has 0 aliphatic rings. The summed E-state index contributed by atoms with van der Waals surface area (Å²) in [5.74, 6) is -0.855. The number of ether oxygens (including phenoxy) is 1. The van der Waals surface area contributed by atoms with Gasteiger partial charge in [0.1, 0.15) is 0 Å². The predicted molar refractivity (Wildman–Crippen MR) is 65.4 cm³/mol. The van der Waals surface area contributed by atoms with Gasteiger partial charge in [0.15, 0.2) is 0 Å². The largest absolute Gasteiger partial charge is 0.481 e. The van der Waals surface area contributed by atoms with Gasteiger partial charge in [-0.1, -0.05) is 43.4 Å². The monoisotopic (exact) mass is 224 g/mol. The molecular weight excluding hydrogens is 204 g/mol. The third kappa shape index (κ3) is 9.21. The van der Waals surface area contributed by atoms with Gasteiger partial charge in [-0.05, 0) is 12.8 Å². The zero-order valence-corrected chi connectivity index (χ0v) is 9.93. The molecule has 16 heavy (non-hydrogen) atoms. The molecule has 0 aromatic heterocycles. The molecular formula is C13H20O3. The fourth-order valence-electron chi connectivity index (χ4n) is 1.09. The van der Waals surface area contributed by atoms with Crippen molar-refractivity contribution < 1.29 is 14.6 Å². The van der Waals surface area contributed by atoms with Crippen LogP contribution >= 0.6 is 0 Å². The maximum atomic E-state index is 10.4. The molecule has 0 aromatic rings. The number of carbonyl (C=O) groups is 1. The number of carboxylic acid groups (broad SMARTS) is 1. The van der Waals surface area contributed by atoms with Gasteiger partial charge in [0.2, 0.25) is 0 Å². The molecule has 0 saturated heterocycles. The number of aliphatic carboxylic acids is 1. The molecule has 0 spiro atoms. The van der Waals surface area contributed by atoms with Crippen LogP contribution in [0.15, 0.2) is 36.5 Å². The quantitative estimate of drug-likeness (QED) is 0.509. The lowest BCUT2D eigenvalue weighted by Gasteiger charge is -2.05. The van der Waals surface area contributed by atoms with Crippen LogP contribution in [0.2, 0.25) is 0 Å². The summed E-state index contributed by atoms with van der Waals surface area (Å²) in [6, 6.07) is 0. The van der Waals surface area contributed by atoms with Gasteiger partial charge in [-0.15, -0.1) is 0 Å². The van der Waals surface area contributed by atoms with E-state index in [-0.39, 0.29) is 12.5 Å². The highest BCUT2D eigenvalue weighted by Gasteiger charge is 2.06. The number of hydrogen-bond donors (Lipinski definition) is 1. The van der Waals surface area contributed by atoms with Crippen molar-refractivity contribution in [1.29, 1.82) is 0 Å². The van der Waals surface area contributed by atoms with Gasteiger partial charge in [-0.3, -0.25) is 4.79 Å². The van der Waals surface area contributed by atoms with Crippen LogP contribution in [-0.4, -0.2) is 24.3 Å². The van der Waals surface area contributed by atoms with Gasteiger partial charge in [-0.25, -0.2) is 0 Å². The number of allylic oxidation sites excluding steroid dienone is 5. The first-order chi connectivity index (χ1) is 7.70. The highest BCUT2D eigenvalue weighted by atomic mass is 16.5. The third-order valence-electron chi connectivity index (χ3n) is 1.93. The Morgan fingerprint density at radius 1 is 1.31 bits per heavy atom. The van der Waals surface area contributed by atoms with Crippen LogP contribution in [0.1, 0.15) is 26.2 Å². The van der Waals surface area contributed by atoms with Crippen molar-refractivity contribution in [2.75, 3.05) is 7.11 Å². The molecule has 0 rings (SSSR count). The van der Waals surface area contributed by atoms with E-state index in [0.29, 0.717) is 0 Å². The van der Waals surface area contributed by atoms with Crippen LogP contribution in [0.25, 0.3) is 0 Å². The summed E-state index contributed by atoms with van der Waals surface area (Å²) in [5.41, 5.74) is 0. The van der Waals surface area contributed by atoms with E-state index in [1.165, 1.54) is 7.11 Å². The van der Waals surface area contributed by atoms with Crippen molar-refractivity contribution in [1.82, 2.24) is 0 Å². The number of rotatable bonds is 8. The lowest BCUT2D eigenvalue weighted by molar-refractivity contribution is -0.138. The normalized spacial score (nSPS) is 14.1. The Labute approximate surface area is 97.1 Å². The first kappa shape index (κ1) is 14.6. The van der Waals surface area contributed by atoms with E-state index < -0.39 is 5.97 Å². The molecule has 3 nitrogen and oxygen atoms in total. The Morgan fingerprint density at radius 3 is 2.62 bits per heavy atom. The van der Waals surface area contributed by atoms with Crippen molar-refractivity contribution in [3.8, 4) is 0 Å².